The van der Waals surface area contributed by atoms with Crippen LogP contribution < -0.4 is 21.7 Å². The van der Waals surface area contributed by atoms with Crippen LogP contribution in [0.1, 0.15) is 68.7 Å². The van der Waals surface area contributed by atoms with E-state index >= 15 is 0 Å². The Balaban J connectivity index is 0.000000259. The zero-order chi connectivity index (χ0) is 34.6. The first-order valence-corrected chi connectivity index (χ1v) is 17.9. The van der Waals surface area contributed by atoms with Crippen molar-refractivity contribution in [1.82, 2.24) is 20.9 Å². The number of halogens is 1. The highest BCUT2D eigenvalue weighted by molar-refractivity contribution is 6.30. The molecule has 1 aliphatic heterocycles. The van der Waals surface area contributed by atoms with Crippen LogP contribution in [0.25, 0.3) is 10.8 Å². The topological polar surface area (TPSA) is 77.7 Å². The Bertz CT molecular complexity index is 1540. The summed E-state index contributed by atoms with van der Waals surface area (Å²) in [5.41, 5.74) is 11.0. The van der Waals surface area contributed by atoms with Crippen molar-refractivity contribution in [3.8, 4) is 0 Å². The number of fused-ring (bicyclic) bond motifs is 1. The Labute approximate surface area is 294 Å². The summed E-state index contributed by atoms with van der Waals surface area (Å²) in [4.78, 5) is 6.86. The van der Waals surface area contributed by atoms with Gasteiger partial charge in [0.15, 0.2) is 5.96 Å². The van der Waals surface area contributed by atoms with E-state index in [0.717, 1.165) is 43.4 Å². The molecule has 4 aromatic rings. The van der Waals surface area contributed by atoms with Gasteiger partial charge < -0.3 is 21.7 Å². The average Bonchev–Trinajstić information content (AvgIpc) is 3.09. The van der Waals surface area contributed by atoms with Crippen molar-refractivity contribution in [3.05, 3.63) is 131 Å². The second-order valence-electron chi connectivity index (χ2n) is 12.4. The Morgan fingerprint density at radius 3 is 2.25 bits per heavy atom. The van der Waals surface area contributed by atoms with Crippen LogP contribution in [-0.2, 0) is 26.1 Å². The van der Waals surface area contributed by atoms with Crippen molar-refractivity contribution >= 4 is 28.3 Å². The van der Waals surface area contributed by atoms with E-state index in [1.807, 2.05) is 18.2 Å². The minimum atomic E-state index is 0.376. The number of aliphatic imine (C=N–C) groups is 1. The van der Waals surface area contributed by atoms with Gasteiger partial charge >= 0.3 is 0 Å². The Morgan fingerprint density at radius 1 is 0.896 bits per heavy atom. The summed E-state index contributed by atoms with van der Waals surface area (Å²) < 4.78 is 0. The van der Waals surface area contributed by atoms with E-state index in [9.17, 15) is 0 Å². The lowest BCUT2D eigenvalue weighted by molar-refractivity contribution is 0.175. The number of nitrogens with zero attached hydrogens (tertiary/aromatic N) is 2. The maximum atomic E-state index is 6.10. The van der Waals surface area contributed by atoms with Gasteiger partial charge in [0.25, 0.3) is 0 Å². The van der Waals surface area contributed by atoms with E-state index in [4.69, 9.17) is 17.3 Å². The van der Waals surface area contributed by atoms with Gasteiger partial charge in [-0.2, -0.15) is 0 Å². The van der Waals surface area contributed by atoms with Crippen LogP contribution in [0.2, 0.25) is 5.02 Å². The number of guanidine groups is 1. The molecule has 0 bridgehead atoms. The molecule has 0 aromatic heterocycles. The van der Waals surface area contributed by atoms with Crippen LogP contribution in [0.5, 0.6) is 0 Å². The molecule has 5 N–H and O–H groups in total. The summed E-state index contributed by atoms with van der Waals surface area (Å²) in [5, 5.41) is 13.0. The summed E-state index contributed by atoms with van der Waals surface area (Å²) in [7, 11) is 1.78. The second kappa shape index (κ2) is 21.9. The minimum Gasteiger partial charge on any atom is -0.375 e. The second-order valence-corrected chi connectivity index (χ2v) is 12.8. The van der Waals surface area contributed by atoms with E-state index in [1.54, 1.807) is 7.05 Å². The smallest absolute Gasteiger partial charge is 0.194 e. The minimum absolute atomic E-state index is 0.376. The highest BCUT2D eigenvalue weighted by Gasteiger charge is 2.19. The number of likely N-dealkylation sites (tertiary alicyclic amines) is 1. The van der Waals surface area contributed by atoms with Crippen LogP contribution in [-0.4, -0.2) is 37.5 Å². The molecule has 6 nitrogen and oxygen atoms in total. The molecule has 258 valence electrons. The largest absolute Gasteiger partial charge is 0.375 e. The van der Waals surface area contributed by atoms with Gasteiger partial charge in [0.1, 0.15) is 0 Å². The van der Waals surface area contributed by atoms with Crippen LogP contribution >= 0.6 is 11.6 Å². The molecule has 1 saturated heterocycles. The summed E-state index contributed by atoms with van der Waals surface area (Å²) in [6.45, 7) is 16.2. The molecule has 7 heteroatoms. The highest BCUT2D eigenvalue weighted by Crippen LogP contribution is 2.21. The summed E-state index contributed by atoms with van der Waals surface area (Å²) in [6, 6.07) is 31.8. The predicted octanol–water partition coefficient (Wildman–Crippen LogP) is 8.65. The number of hydrogen-bond acceptors (Lipinski definition) is 4. The van der Waals surface area contributed by atoms with Crippen molar-refractivity contribution in [2.45, 2.75) is 72.5 Å². The number of piperidine rings is 1. The van der Waals surface area contributed by atoms with Crippen molar-refractivity contribution in [3.63, 3.8) is 0 Å². The molecule has 1 aliphatic rings. The van der Waals surface area contributed by atoms with E-state index in [2.05, 4.69) is 126 Å². The van der Waals surface area contributed by atoms with E-state index in [1.165, 1.54) is 65.4 Å². The molecule has 0 saturated carbocycles. The zero-order valence-corrected chi connectivity index (χ0v) is 30.3. The third-order valence-corrected chi connectivity index (χ3v) is 8.50. The fourth-order valence-corrected chi connectivity index (χ4v) is 5.96. The average molecular weight is 669 g/mol. The molecule has 0 unspecified atom stereocenters. The lowest BCUT2D eigenvalue weighted by Crippen LogP contribution is -2.36. The third-order valence-electron chi connectivity index (χ3n) is 8.27. The van der Waals surface area contributed by atoms with Gasteiger partial charge in [0.05, 0.1) is 12.4 Å². The first-order valence-electron chi connectivity index (χ1n) is 17.5. The maximum absolute atomic E-state index is 6.10. The molecule has 48 heavy (non-hydrogen) atoms. The first-order chi connectivity index (χ1) is 23.4. The van der Waals surface area contributed by atoms with Crippen LogP contribution in [0.3, 0.4) is 0 Å². The van der Waals surface area contributed by atoms with Crippen molar-refractivity contribution in [1.29, 1.82) is 0 Å². The third kappa shape index (κ3) is 13.7. The molecule has 0 amide bonds. The van der Waals surface area contributed by atoms with Gasteiger partial charge in [-0.3, -0.25) is 4.90 Å². The molecule has 5 rings (SSSR count). The van der Waals surface area contributed by atoms with Gasteiger partial charge in [0.2, 0.25) is 0 Å². The molecule has 1 fully saturated rings. The van der Waals surface area contributed by atoms with Gasteiger partial charge in [-0.25, -0.2) is 4.99 Å². The molecule has 0 aliphatic carbocycles. The summed E-state index contributed by atoms with van der Waals surface area (Å²) in [5.74, 6) is 1.79. The number of aryl methyl sites for hydroxylation is 1. The number of benzene rings is 4. The summed E-state index contributed by atoms with van der Waals surface area (Å²) >= 11 is 6.10. The fraction of sp³-hybridized carbons (Fsp3) is 0.390. The molecule has 4 aromatic carbocycles. The van der Waals surface area contributed by atoms with E-state index < -0.39 is 0 Å². The van der Waals surface area contributed by atoms with Crippen LogP contribution in [0.15, 0.2) is 108 Å². The predicted molar refractivity (Wildman–Crippen MR) is 208 cm³/mol. The van der Waals surface area contributed by atoms with Crippen LogP contribution in [0, 0.1) is 5.92 Å². The quantitative estimate of drug-likeness (QED) is 0.0898. The fourth-order valence-electron chi connectivity index (χ4n) is 5.75. The number of nitrogens with one attached hydrogen (secondary N) is 3. The number of hydrogen-bond donors (Lipinski definition) is 4. The van der Waals surface area contributed by atoms with Gasteiger partial charge in [-0.15, -0.1) is 0 Å². The van der Waals surface area contributed by atoms with E-state index in [0.29, 0.717) is 18.3 Å². The van der Waals surface area contributed by atoms with Crippen molar-refractivity contribution in [2.75, 3.05) is 26.7 Å². The Hall–Kier alpha value is -3.84. The number of rotatable bonds is 12. The van der Waals surface area contributed by atoms with Crippen LogP contribution in [0.4, 0.5) is 0 Å². The van der Waals surface area contributed by atoms with Gasteiger partial charge in [-0.05, 0) is 90.0 Å². The van der Waals surface area contributed by atoms with Gasteiger partial charge in [-0.1, -0.05) is 131 Å². The lowest BCUT2D eigenvalue weighted by Gasteiger charge is -2.32. The molecular formula is C41H57ClN6. The zero-order valence-electron chi connectivity index (χ0n) is 29.6. The molecule has 0 radical (unpaired) electrons. The lowest BCUT2D eigenvalue weighted by atomic mass is 9.96. The van der Waals surface area contributed by atoms with E-state index in [-0.39, 0.29) is 0 Å². The van der Waals surface area contributed by atoms with Crippen molar-refractivity contribution < 1.29 is 0 Å². The molecule has 0 atom stereocenters. The Morgan fingerprint density at radius 2 is 1.54 bits per heavy atom. The highest BCUT2D eigenvalue weighted by atomic mass is 35.5. The normalized spacial score (nSPS) is 13.6. The molecular weight excluding hydrogens is 612 g/mol. The Kier molecular flexibility index (Phi) is 17.6. The summed E-state index contributed by atoms with van der Waals surface area (Å²) in [6.07, 6.45) is 5.99. The SMILES string of the molecule is C=C(NC)NC(N)=NCc1ccccc1CCC.CCC.Clc1cccc(CN2CCC(CNCc3cccc4ccccc34)CC2)c1. The number of nitrogens with two attached hydrogens (primary N) is 1. The van der Waals surface area contributed by atoms with Crippen molar-refractivity contribution in [2.24, 2.45) is 16.6 Å². The first kappa shape index (κ1) is 38.6. The molecule has 1 heterocycles. The molecule has 0 spiro atoms. The van der Waals surface area contributed by atoms with Gasteiger partial charge in [0, 0.05) is 25.2 Å². The monoisotopic (exact) mass is 668 g/mol. The standard InChI is InChI=1S/C24H27ClN2.C14H22N4.C3H8/c25-23-9-3-5-20(15-23)18-27-13-11-19(12-14-27)16-26-17-22-8-4-7-21-6-1-2-10-24(21)22;1-4-7-12-8-5-6-9-13(12)10-17-14(15)18-11(2)16-3;1-3-2/h1-10,15,19,26H,11-14,16-18H2;5-6,8-9,16H,2,4,7,10H2,1,3H3,(H3,15,17,18);3H2,1-2H3. The maximum Gasteiger partial charge on any atom is 0.194 e.